The first-order valence-electron chi connectivity index (χ1n) is 20.1. The Morgan fingerprint density at radius 3 is 0.618 bits per heavy atom. The zero-order valence-electron chi connectivity index (χ0n) is 35.4. The lowest BCUT2D eigenvalue weighted by molar-refractivity contribution is -0.133. The van der Waals surface area contributed by atoms with Crippen molar-refractivity contribution in [1.29, 1.82) is 21.0 Å². The number of hydrogen-bond acceptors (Lipinski definition) is 10. The lowest BCUT2D eigenvalue weighted by Gasteiger charge is -2.26. The molecule has 328 valence electrons. The normalized spacial score (nSPS) is 11.6. The molecule has 6 aromatic carbocycles. The van der Waals surface area contributed by atoms with Crippen molar-refractivity contribution in [2.45, 2.75) is 0 Å². The first-order valence-corrected chi connectivity index (χ1v) is 20.1. The summed E-state index contributed by atoms with van der Waals surface area (Å²) >= 11 is 0. The van der Waals surface area contributed by atoms with Crippen molar-refractivity contribution in [3.63, 3.8) is 0 Å². The predicted molar refractivity (Wildman–Crippen MR) is 256 cm³/mol. The molecule has 6 aromatic rings. The summed E-state index contributed by atoms with van der Waals surface area (Å²) in [5.74, 6) is -5.37. The van der Waals surface area contributed by atoms with E-state index in [-0.39, 0.29) is 0 Å². The van der Waals surface area contributed by atoms with E-state index in [1.165, 1.54) is 24.3 Å². The second-order valence-electron chi connectivity index (χ2n) is 14.5. The third-order valence-electron chi connectivity index (χ3n) is 10.0. The van der Waals surface area contributed by atoms with Gasteiger partial charge in [-0.15, -0.1) is 0 Å². The molecule has 0 saturated carbocycles. The monoisotopic (exact) mass is 894 g/mol. The Labute approximate surface area is 389 Å². The molecule has 0 atom stereocenters. The van der Waals surface area contributed by atoms with E-state index in [9.17, 15) is 60.7 Å². The molecule has 0 spiro atoms. The highest BCUT2D eigenvalue weighted by Crippen LogP contribution is 2.37. The van der Waals surface area contributed by atoms with Crippen LogP contribution in [0, 0.1) is 45.3 Å². The number of carboxylic acid groups (broad SMARTS) is 4. The number of rotatable bonds is 16. The Kier molecular flexibility index (Phi) is 15.0. The smallest absolute Gasteiger partial charge is 0.346 e. The van der Waals surface area contributed by atoms with Gasteiger partial charge in [-0.05, 0) is 130 Å². The number of hydrogen-bond donors (Lipinski definition) is 4. The van der Waals surface area contributed by atoms with Gasteiger partial charge in [0, 0.05) is 34.1 Å². The summed E-state index contributed by atoms with van der Waals surface area (Å²) in [4.78, 5) is 49.6. The molecule has 0 bridgehead atoms. The van der Waals surface area contributed by atoms with Crippen LogP contribution in [0.3, 0.4) is 0 Å². The third kappa shape index (κ3) is 11.7. The molecule has 14 nitrogen and oxygen atoms in total. The van der Waals surface area contributed by atoms with Gasteiger partial charge in [-0.3, -0.25) is 0 Å². The van der Waals surface area contributed by atoms with Gasteiger partial charge in [-0.2, -0.15) is 21.0 Å². The summed E-state index contributed by atoms with van der Waals surface area (Å²) in [6, 6.07) is 49.6. The summed E-state index contributed by atoms with van der Waals surface area (Å²) in [7, 11) is 0. The Hall–Kier alpha value is -10.5. The van der Waals surface area contributed by atoms with Crippen LogP contribution in [0.15, 0.2) is 168 Å². The Morgan fingerprint density at radius 2 is 0.471 bits per heavy atom. The van der Waals surface area contributed by atoms with Crippen molar-refractivity contribution in [3.05, 3.63) is 201 Å². The first-order chi connectivity index (χ1) is 32.8. The van der Waals surface area contributed by atoms with E-state index in [2.05, 4.69) is 0 Å². The number of carboxylic acids is 4. The van der Waals surface area contributed by atoms with Gasteiger partial charge in [0.15, 0.2) is 0 Å². The van der Waals surface area contributed by atoms with Crippen LogP contribution in [-0.2, 0) is 19.2 Å². The molecule has 0 saturated heterocycles. The fourth-order valence-electron chi connectivity index (χ4n) is 6.67. The maximum absolute atomic E-state index is 11.4. The number of aliphatic carboxylic acids is 4. The van der Waals surface area contributed by atoms with Crippen LogP contribution in [0.2, 0.25) is 0 Å². The molecule has 14 heteroatoms. The summed E-state index contributed by atoms with van der Waals surface area (Å²) in [5.41, 5.74) is 6.33. The van der Waals surface area contributed by atoms with Crippen molar-refractivity contribution in [2.24, 2.45) is 0 Å². The summed E-state index contributed by atoms with van der Waals surface area (Å²) in [6.45, 7) is 0. The number of nitriles is 4. The summed E-state index contributed by atoms with van der Waals surface area (Å²) in [6.07, 6.45) is 8.95. The van der Waals surface area contributed by atoms with Crippen LogP contribution in [0.25, 0.3) is 36.5 Å². The van der Waals surface area contributed by atoms with Crippen LogP contribution in [0.5, 0.6) is 0 Å². The van der Waals surface area contributed by atoms with E-state index in [1.54, 1.807) is 121 Å². The molecule has 68 heavy (non-hydrogen) atoms. The topological polar surface area (TPSA) is 251 Å². The van der Waals surface area contributed by atoms with Gasteiger partial charge in [-0.25, -0.2) is 19.2 Å². The minimum absolute atomic E-state index is 0.417. The van der Waals surface area contributed by atoms with Crippen molar-refractivity contribution >= 4 is 94.5 Å². The first kappa shape index (κ1) is 47.0. The van der Waals surface area contributed by atoms with Crippen LogP contribution in [-0.4, -0.2) is 44.3 Å². The highest BCUT2D eigenvalue weighted by atomic mass is 16.4. The molecular weight excluding hydrogens is 861 g/mol. The molecule has 0 heterocycles. The van der Waals surface area contributed by atoms with Gasteiger partial charge in [-0.1, -0.05) is 84.9 Å². The number of anilines is 6. The van der Waals surface area contributed by atoms with Crippen LogP contribution >= 0.6 is 0 Å². The summed E-state index contributed by atoms with van der Waals surface area (Å²) < 4.78 is 0. The fourth-order valence-corrected chi connectivity index (χ4v) is 6.67. The van der Waals surface area contributed by atoms with Crippen molar-refractivity contribution in [2.75, 3.05) is 9.80 Å². The zero-order chi connectivity index (χ0) is 48.7. The minimum Gasteiger partial charge on any atom is -0.477 e. The largest absolute Gasteiger partial charge is 0.477 e. The van der Waals surface area contributed by atoms with E-state index >= 15 is 0 Å². The standard InChI is InChI=1S/C54H34N6O8/c55-31-41(51(61)62)27-37-7-19-47(20-8-37)59(48-21-9-38(10-22-48)28-42(32-56)52(63)64)45-15-3-35(4-16-45)1-2-36-5-17-46(18-6-36)60(49-23-11-39(12-24-49)29-43(33-57)53(65)66)50-25-13-40(14-26-50)30-44(34-58)54(67)68/h1-30H,(H,61,62)(H,63,64)(H,65,66)(H,67,68)/b2-1?,41-27-,42-28+,43-29-,44-30+. The molecule has 0 aliphatic heterocycles. The summed E-state index contributed by atoms with van der Waals surface area (Å²) in [5, 5.41) is 74.2. The van der Waals surface area contributed by atoms with Gasteiger partial charge >= 0.3 is 23.9 Å². The molecule has 4 N–H and O–H groups in total. The highest BCUT2D eigenvalue weighted by Gasteiger charge is 2.16. The van der Waals surface area contributed by atoms with Gasteiger partial charge in [0.25, 0.3) is 0 Å². The second kappa shape index (κ2) is 21.7. The molecular formula is C54H34N6O8. The molecule has 0 aliphatic carbocycles. The van der Waals surface area contributed by atoms with Crippen molar-refractivity contribution in [1.82, 2.24) is 0 Å². The van der Waals surface area contributed by atoms with E-state index in [1.807, 2.05) is 70.5 Å². The average Bonchev–Trinajstić information content (AvgIpc) is 3.35. The van der Waals surface area contributed by atoms with Gasteiger partial charge < -0.3 is 30.2 Å². The quantitative estimate of drug-likeness (QED) is 0.0401. The predicted octanol–water partition coefficient (Wildman–Crippen LogP) is 10.8. The molecule has 6 rings (SSSR count). The van der Waals surface area contributed by atoms with Crippen LogP contribution in [0.1, 0.15) is 33.4 Å². The van der Waals surface area contributed by atoms with E-state index in [0.717, 1.165) is 22.5 Å². The zero-order valence-corrected chi connectivity index (χ0v) is 35.4. The fraction of sp³-hybridized carbons (Fsp3) is 0. The highest BCUT2D eigenvalue weighted by molar-refractivity contribution is 5.98. The number of carbonyl (C=O) groups is 4. The molecule has 0 fully saturated rings. The van der Waals surface area contributed by atoms with E-state index in [0.29, 0.717) is 45.0 Å². The Bertz CT molecular complexity index is 2840. The Morgan fingerprint density at radius 1 is 0.309 bits per heavy atom. The van der Waals surface area contributed by atoms with Crippen LogP contribution in [0.4, 0.5) is 34.1 Å². The molecule has 0 amide bonds. The maximum atomic E-state index is 11.4. The second-order valence-corrected chi connectivity index (χ2v) is 14.5. The maximum Gasteiger partial charge on any atom is 0.346 e. The molecule has 0 unspecified atom stereocenters. The van der Waals surface area contributed by atoms with E-state index in [4.69, 9.17) is 0 Å². The lowest BCUT2D eigenvalue weighted by atomic mass is 10.1. The van der Waals surface area contributed by atoms with Gasteiger partial charge in [0.1, 0.15) is 46.6 Å². The van der Waals surface area contributed by atoms with Gasteiger partial charge in [0.2, 0.25) is 0 Å². The molecule has 0 aromatic heterocycles. The SMILES string of the molecule is N#C/C(=C/c1ccc(N(c2ccc(C=Cc3ccc(N(c4ccc(/C=C(/C#N)C(=O)O)cc4)c4ccc(/C=C(\C#N)C(=O)O)cc4)cc3)cc2)c2ccc(/C=C(\C#N)C(=O)O)cc2)cc1)C(=O)O. The lowest BCUT2D eigenvalue weighted by Crippen LogP contribution is -2.10. The van der Waals surface area contributed by atoms with Crippen molar-refractivity contribution < 1.29 is 39.6 Å². The van der Waals surface area contributed by atoms with Crippen molar-refractivity contribution in [3.8, 4) is 24.3 Å². The van der Waals surface area contributed by atoms with E-state index < -0.39 is 46.2 Å². The van der Waals surface area contributed by atoms with Crippen LogP contribution < -0.4 is 9.80 Å². The molecule has 0 radical (unpaired) electrons. The number of nitrogens with zero attached hydrogens (tertiary/aromatic N) is 6. The minimum atomic E-state index is -1.34. The third-order valence-corrected chi connectivity index (χ3v) is 10.0. The Balaban J connectivity index is 1.29. The molecule has 0 aliphatic rings. The average molecular weight is 895 g/mol. The van der Waals surface area contributed by atoms with Gasteiger partial charge in [0.05, 0.1) is 0 Å². The number of benzene rings is 6.